The van der Waals surface area contributed by atoms with E-state index in [9.17, 15) is 9.90 Å². The maximum absolute atomic E-state index is 12.0. The smallest absolute Gasteiger partial charge is 0.336 e. The SMILES string of the molecule is CCc1c(-c2ccc3ccccc3c2C(=O)O)sc2ccccc12. The Labute approximate surface area is 144 Å². The maximum atomic E-state index is 12.0. The lowest BCUT2D eigenvalue weighted by atomic mass is 9.95. The van der Waals surface area contributed by atoms with E-state index in [4.69, 9.17) is 0 Å². The molecule has 0 atom stereocenters. The molecule has 4 rings (SSSR count). The first kappa shape index (κ1) is 14.9. The van der Waals surface area contributed by atoms with E-state index >= 15 is 0 Å². The Morgan fingerprint density at radius 3 is 2.42 bits per heavy atom. The highest BCUT2D eigenvalue weighted by atomic mass is 32.1. The van der Waals surface area contributed by atoms with Crippen molar-refractivity contribution in [3.05, 3.63) is 71.8 Å². The number of carboxylic acids is 1. The number of carboxylic acid groups (broad SMARTS) is 1. The molecule has 3 aromatic carbocycles. The fraction of sp³-hybridized carbons (Fsp3) is 0.0952. The molecule has 0 amide bonds. The Balaban J connectivity index is 2.10. The number of fused-ring (bicyclic) bond motifs is 2. The van der Waals surface area contributed by atoms with Gasteiger partial charge >= 0.3 is 5.97 Å². The van der Waals surface area contributed by atoms with Gasteiger partial charge in [0.2, 0.25) is 0 Å². The van der Waals surface area contributed by atoms with E-state index in [-0.39, 0.29) is 0 Å². The van der Waals surface area contributed by atoms with Crippen molar-refractivity contribution in [1.29, 1.82) is 0 Å². The van der Waals surface area contributed by atoms with E-state index in [0.717, 1.165) is 27.6 Å². The van der Waals surface area contributed by atoms with Gasteiger partial charge in [0.15, 0.2) is 0 Å². The van der Waals surface area contributed by atoms with Gasteiger partial charge < -0.3 is 5.11 Å². The van der Waals surface area contributed by atoms with E-state index in [1.165, 1.54) is 15.6 Å². The van der Waals surface area contributed by atoms with Crippen LogP contribution in [0, 0.1) is 0 Å². The first-order valence-corrected chi connectivity index (χ1v) is 8.78. The maximum Gasteiger partial charge on any atom is 0.336 e. The van der Waals surface area contributed by atoms with Crippen LogP contribution in [0.3, 0.4) is 0 Å². The average molecular weight is 332 g/mol. The molecule has 0 aliphatic rings. The van der Waals surface area contributed by atoms with Crippen LogP contribution in [0.1, 0.15) is 22.8 Å². The third-order valence-corrected chi connectivity index (χ3v) is 5.69. The van der Waals surface area contributed by atoms with Crippen LogP contribution in [0.5, 0.6) is 0 Å². The van der Waals surface area contributed by atoms with Crippen LogP contribution in [-0.4, -0.2) is 11.1 Å². The second-order valence-corrected chi connectivity index (χ2v) is 6.83. The van der Waals surface area contributed by atoms with Crippen molar-refractivity contribution in [3.63, 3.8) is 0 Å². The summed E-state index contributed by atoms with van der Waals surface area (Å²) in [5.74, 6) is -0.874. The Kier molecular flexibility index (Phi) is 3.58. The number of carbonyl (C=O) groups is 1. The van der Waals surface area contributed by atoms with Crippen molar-refractivity contribution in [2.24, 2.45) is 0 Å². The molecule has 0 aliphatic heterocycles. The van der Waals surface area contributed by atoms with Crippen LogP contribution >= 0.6 is 11.3 Å². The van der Waals surface area contributed by atoms with Crippen LogP contribution in [0.4, 0.5) is 0 Å². The first-order valence-electron chi connectivity index (χ1n) is 7.96. The third kappa shape index (κ3) is 2.21. The molecule has 1 heterocycles. The summed E-state index contributed by atoms with van der Waals surface area (Å²) in [7, 11) is 0. The molecule has 0 unspecified atom stereocenters. The topological polar surface area (TPSA) is 37.3 Å². The van der Waals surface area contributed by atoms with Crippen LogP contribution in [0.2, 0.25) is 0 Å². The molecule has 3 heteroatoms. The normalized spacial score (nSPS) is 11.2. The van der Waals surface area contributed by atoms with Gasteiger partial charge in [-0.2, -0.15) is 0 Å². The molecule has 1 N–H and O–H groups in total. The van der Waals surface area contributed by atoms with Gasteiger partial charge in [-0.3, -0.25) is 0 Å². The summed E-state index contributed by atoms with van der Waals surface area (Å²) in [4.78, 5) is 13.1. The largest absolute Gasteiger partial charge is 0.478 e. The summed E-state index contributed by atoms with van der Waals surface area (Å²) < 4.78 is 1.20. The predicted octanol–water partition coefficient (Wildman–Crippen LogP) is 5.98. The predicted molar refractivity (Wildman–Crippen MR) is 101 cm³/mol. The zero-order chi connectivity index (χ0) is 16.7. The van der Waals surface area contributed by atoms with Gasteiger partial charge in [-0.15, -0.1) is 11.3 Å². The van der Waals surface area contributed by atoms with Gasteiger partial charge in [0.1, 0.15) is 0 Å². The summed E-state index contributed by atoms with van der Waals surface area (Å²) in [6, 6.07) is 19.9. The molecule has 4 aromatic rings. The fourth-order valence-corrected chi connectivity index (χ4v) is 4.68. The molecule has 1 aromatic heterocycles. The number of benzene rings is 3. The summed E-state index contributed by atoms with van der Waals surface area (Å²) in [6.45, 7) is 2.12. The van der Waals surface area contributed by atoms with E-state index < -0.39 is 5.97 Å². The van der Waals surface area contributed by atoms with Crippen molar-refractivity contribution in [2.45, 2.75) is 13.3 Å². The lowest BCUT2D eigenvalue weighted by molar-refractivity contribution is 0.0700. The summed E-state index contributed by atoms with van der Waals surface area (Å²) >= 11 is 1.68. The minimum atomic E-state index is -0.874. The van der Waals surface area contributed by atoms with Crippen molar-refractivity contribution < 1.29 is 9.90 Å². The lowest BCUT2D eigenvalue weighted by Gasteiger charge is -2.10. The number of hydrogen-bond acceptors (Lipinski definition) is 2. The number of aromatic carboxylic acids is 1. The quantitative estimate of drug-likeness (QED) is 0.501. The lowest BCUT2D eigenvalue weighted by Crippen LogP contribution is -2.01. The summed E-state index contributed by atoms with van der Waals surface area (Å²) in [6.07, 6.45) is 0.880. The Morgan fingerprint density at radius 2 is 1.67 bits per heavy atom. The molecule has 2 nitrogen and oxygen atoms in total. The molecule has 0 aliphatic carbocycles. The fourth-order valence-electron chi connectivity index (χ4n) is 3.36. The molecule has 0 saturated heterocycles. The minimum Gasteiger partial charge on any atom is -0.478 e. The second kappa shape index (κ2) is 5.77. The molecule has 0 radical (unpaired) electrons. The number of hydrogen-bond donors (Lipinski definition) is 1. The van der Waals surface area contributed by atoms with Gasteiger partial charge in [-0.05, 0) is 34.2 Å². The highest BCUT2D eigenvalue weighted by molar-refractivity contribution is 7.22. The summed E-state index contributed by atoms with van der Waals surface area (Å²) in [5, 5.41) is 12.8. The molecule has 0 saturated carbocycles. The van der Waals surface area contributed by atoms with Crippen molar-refractivity contribution in [1.82, 2.24) is 0 Å². The third-order valence-electron chi connectivity index (χ3n) is 4.44. The van der Waals surface area contributed by atoms with Crippen molar-refractivity contribution in [2.75, 3.05) is 0 Å². The summed E-state index contributed by atoms with van der Waals surface area (Å²) in [5.41, 5.74) is 2.45. The second-order valence-electron chi connectivity index (χ2n) is 5.77. The van der Waals surface area contributed by atoms with Gasteiger partial charge in [-0.25, -0.2) is 4.79 Å². The van der Waals surface area contributed by atoms with Crippen LogP contribution in [0.25, 0.3) is 31.3 Å². The standard InChI is InChI=1S/C21H16O2S/c1-2-14-16-9-5-6-10-18(16)24-20(14)17-12-11-13-7-3-4-8-15(13)19(17)21(22)23/h3-12H,2H2,1H3,(H,22,23). The van der Waals surface area contributed by atoms with E-state index in [1.807, 2.05) is 48.5 Å². The number of thiophene rings is 1. The number of aryl methyl sites for hydroxylation is 1. The Morgan fingerprint density at radius 1 is 0.958 bits per heavy atom. The van der Waals surface area contributed by atoms with Crippen LogP contribution < -0.4 is 0 Å². The Bertz CT molecular complexity index is 1080. The molecule has 24 heavy (non-hydrogen) atoms. The zero-order valence-corrected chi connectivity index (χ0v) is 14.1. The molecular weight excluding hydrogens is 316 g/mol. The molecule has 118 valence electrons. The van der Waals surface area contributed by atoms with Gasteiger partial charge in [-0.1, -0.05) is 61.5 Å². The zero-order valence-electron chi connectivity index (χ0n) is 13.2. The van der Waals surface area contributed by atoms with Gasteiger partial charge in [0.25, 0.3) is 0 Å². The first-order chi connectivity index (χ1) is 11.7. The number of rotatable bonds is 3. The highest BCUT2D eigenvalue weighted by Gasteiger charge is 2.20. The van der Waals surface area contributed by atoms with Crippen LogP contribution in [-0.2, 0) is 6.42 Å². The van der Waals surface area contributed by atoms with Gasteiger partial charge in [0.05, 0.1) is 5.56 Å². The molecule has 0 fully saturated rings. The Hall–Kier alpha value is -2.65. The van der Waals surface area contributed by atoms with E-state index in [1.54, 1.807) is 11.3 Å². The van der Waals surface area contributed by atoms with E-state index in [0.29, 0.717) is 5.56 Å². The molecule has 0 bridgehead atoms. The van der Waals surface area contributed by atoms with Crippen molar-refractivity contribution in [3.8, 4) is 10.4 Å². The molecule has 0 spiro atoms. The van der Waals surface area contributed by atoms with Crippen molar-refractivity contribution >= 4 is 38.2 Å². The van der Waals surface area contributed by atoms with Gasteiger partial charge in [0, 0.05) is 15.1 Å². The molecular formula is C21H16O2S. The average Bonchev–Trinajstić information content (AvgIpc) is 2.98. The minimum absolute atomic E-state index is 0.398. The van der Waals surface area contributed by atoms with Crippen LogP contribution in [0.15, 0.2) is 60.7 Å². The highest BCUT2D eigenvalue weighted by Crippen LogP contribution is 2.41. The van der Waals surface area contributed by atoms with E-state index in [2.05, 4.69) is 19.1 Å². The monoisotopic (exact) mass is 332 g/mol.